The van der Waals surface area contributed by atoms with Crippen molar-refractivity contribution in [1.29, 1.82) is 0 Å². The van der Waals surface area contributed by atoms with Gasteiger partial charge in [0.05, 0.1) is 17.8 Å². The van der Waals surface area contributed by atoms with E-state index in [0.717, 1.165) is 38.9 Å². The summed E-state index contributed by atoms with van der Waals surface area (Å²) in [5.74, 6) is 0. The molecule has 130 valence electrons. The molecule has 2 aromatic carbocycles. The summed E-state index contributed by atoms with van der Waals surface area (Å²) in [4.78, 5) is 9.14. The standard InChI is InChI=1S/C21H14ClN5/c22-17-6-4-15(5-7-17)19-9-10-20-21(24-19)27(26-25-20)13-14-3-8-18-16(12-14)2-1-11-23-18/h1-12H,13H2. The highest BCUT2D eigenvalue weighted by molar-refractivity contribution is 6.30. The molecule has 0 saturated carbocycles. The molecule has 3 aromatic heterocycles. The van der Waals surface area contributed by atoms with Gasteiger partial charge in [0.1, 0.15) is 5.52 Å². The highest BCUT2D eigenvalue weighted by atomic mass is 35.5. The summed E-state index contributed by atoms with van der Waals surface area (Å²) in [6.07, 6.45) is 1.80. The molecule has 5 rings (SSSR count). The van der Waals surface area contributed by atoms with E-state index in [9.17, 15) is 0 Å². The Balaban J connectivity index is 1.54. The minimum Gasteiger partial charge on any atom is -0.256 e. The molecule has 0 unspecified atom stereocenters. The number of nitrogens with zero attached hydrogens (tertiary/aromatic N) is 5. The molecule has 0 atom stereocenters. The van der Waals surface area contributed by atoms with Crippen LogP contribution in [0.4, 0.5) is 0 Å². The van der Waals surface area contributed by atoms with E-state index in [-0.39, 0.29) is 0 Å². The van der Waals surface area contributed by atoms with Crippen LogP contribution >= 0.6 is 11.6 Å². The summed E-state index contributed by atoms with van der Waals surface area (Å²) in [5.41, 5.74) is 5.51. The van der Waals surface area contributed by atoms with Crippen molar-refractivity contribution in [2.24, 2.45) is 0 Å². The minimum absolute atomic E-state index is 0.596. The third-order valence-electron chi connectivity index (χ3n) is 4.50. The predicted molar refractivity (Wildman–Crippen MR) is 107 cm³/mol. The van der Waals surface area contributed by atoms with Crippen LogP contribution in [-0.2, 0) is 6.54 Å². The number of fused-ring (bicyclic) bond motifs is 2. The van der Waals surface area contributed by atoms with Gasteiger partial charge in [0.15, 0.2) is 5.65 Å². The van der Waals surface area contributed by atoms with Crippen LogP contribution in [0.2, 0.25) is 5.02 Å². The predicted octanol–water partition coefficient (Wildman–Crippen LogP) is 4.74. The number of benzene rings is 2. The van der Waals surface area contributed by atoms with Gasteiger partial charge >= 0.3 is 0 Å². The van der Waals surface area contributed by atoms with Gasteiger partial charge < -0.3 is 0 Å². The van der Waals surface area contributed by atoms with Crippen molar-refractivity contribution in [2.75, 3.05) is 0 Å². The molecule has 0 spiro atoms. The van der Waals surface area contributed by atoms with E-state index in [4.69, 9.17) is 16.6 Å². The Morgan fingerprint density at radius 2 is 1.74 bits per heavy atom. The average Bonchev–Trinajstić information content (AvgIpc) is 3.10. The lowest BCUT2D eigenvalue weighted by Gasteiger charge is -2.05. The van der Waals surface area contributed by atoms with E-state index < -0.39 is 0 Å². The molecule has 0 aliphatic carbocycles. The minimum atomic E-state index is 0.596. The number of hydrogen-bond acceptors (Lipinski definition) is 4. The Kier molecular flexibility index (Phi) is 3.80. The van der Waals surface area contributed by atoms with Gasteiger partial charge in [0, 0.05) is 22.2 Å². The topological polar surface area (TPSA) is 56.5 Å². The molecule has 0 amide bonds. The number of aromatic nitrogens is 5. The zero-order valence-corrected chi connectivity index (χ0v) is 15.0. The fourth-order valence-corrected chi connectivity index (χ4v) is 3.26. The zero-order valence-electron chi connectivity index (χ0n) is 14.2. The van der Waals surface area contributed by atoms with Crippen LogP contribution in [0.3, 0.4) is 0 Å². The second-order valence-electron chi connectivity index (χ2n) is 6.32. The first-order valence-corrected chi connectivity index (χ1v) is 8.94. The maximum Gasteiger partial charge on any atom is 0.179 e. The molecule has 0 aliphatic heterocycles. The molecule has 6 heteroatoms. The van der Waals surface area contributed by atoms with E-state index in [1.807, 2.05) is 53.2 Å². The SMILES string of the molecule is Clc1ccc(-c2ccc3nnn(Cc4ccc5ncccc5c4)c3n2)cc1. The fourth-order valence-electron chi connectivity index (χ4n) is 3.14. The van der Waals surface area contributed by atoms with E-state index >= 15 is 0 Å². The third kappa shape index (κ3) is 3.02. The zero-order chi connectivity index (χ0) is 18.2. The van der Waals surface area contributed by atoms with E-state index in [0.29, 0.717) is 11.6 Å². The van der Waals surface area contributed by atoms with Gasteiger partial charge in [0.25, 0.3) is 0 Å². The van der Waals surface area contributed by atoms with Crippen molar-refractivity contribution in [3.63, 3.8) is 0 Å². The van der Waals surface area contributed by atoms with Gasteiger partial charge in [-0.05, 0) is 48.0 Å². The highest BCUT2D eigenvalue weighted by Gasteiger charge is 2.09. The molecule has 0 aliphatic rings. The Hall–Kier alpha value is -3.31. The largest absolute Gasteiger partial charge is 0.256 e. The van der Waals surface area contributed by atoms with Crippen LogP contribution in [0.1, 0.15) is 5.56 Å². The summed E-state index contributed by atoms with van der Waals surface area (Å²) in [6, 6.07) is 21.7. The number of hydrogen-bond donors (Lipinski definition) is 0. The number of rotatable bonds is 3. The van der Waals surface area contributed by atoms with Gasteiger partial charge in [-0.15, -0.1) is 5.10 Å². The molecular formula is C21H14ClN5. The molecule has 27 heavy (non-hydrogen) atoms. The van der Waals surface area contributed by atoms with Crippen LogP contribution < -0.4 is 0 Å². The smallest absolute Gasteiger partial charge is 0.179 e. The molecule has 0 N–H and O–H groups in total. The first-order valence-electron chi connectivity index (χ1n) is 8.56. The Bertz CT molecular complexity index is 1260. The Labute approximate surface area is 160 Å². The summed E-state index contributed by atoms with van der Waals surface area (Å²) < 4.78 is 1.83. The number of halogens is 1. The summed E-state index contributed by atoms with van der Waals surface area (Å²) in [5, 5.41) is 10.3. The van der Waals surface area contributed by atoms with Crippen LogP contribution in [0.25, 0.3) is 33.3 Å². The Morgan fingerprint density at radius 3 is 2.63 bits per heavy atom. The van der Waals surface area contributed by atoms with Crippen LogP contribution in [0, 0.1) is 0 Å². The van der Waals surface area contributed by atoms with Crippen molar-refractivity contribution in [3.05, 3.63) is 83.5 Å². The quantitative estimate of drug-likeness (QED) is 0.459. The molecule has 5 nitrogen and oxygen atoms in total. The van der Waals surface area contributed by atoms with Crippen molar-refractivity contribution < 1.29 is 0 Å². The molecule has 0 bridgehead atoms. The monoisotopic (exact) mass is 371 g/mol. The van der Waals surface area contributed by atoms with Crippen molar-refractivity contribution >= 4 is 33.7 Å². The maximum absolute atomic E-state index is 5.98. The highest BCUT2D eigenvalue weighted by Crippen LogP contribution is 2.22. The third-order valence-corrected chi connectivity index (χ3v) is 4.75. The first kappa shape index (κ1) is 15.9. The fraction of sp³-hybridized carbons (Fsp3) is 0.0476. The van der Waals surface area contributed by atoms with Crippen molar-refractivity contribution in [2.45, 2.75) is 6.54 Å². The van der Waals surface area contributed by atoms with E-state index in [1.165, 1.54) is 0 Å². The van der Waals surface area contributed by atoms with Gasteiger partial charge in [0.2, 0.25) is 0 Å². The van der Waals surface area contributed by atoms with Crippen LogP contribution in [-0.4, -0.2) is 25.0 Å². The normalized spacial score (nSPS) is 11.3. The molecule has 0 radical (unpaired) electrons. The summed E-state index contributed by atoms with van der Waals surface area (Å²) in [7, 11) is 0. The second kappa shape index (κ2) is 6.45. The lowest BCUT2D eigenvalue weighted by molar-refractivity contribution is 0.665. The molecule has 5 aromatic rings. The van der Waals surface area contributed by atoms with Crippen LogP contribution in [0.5, 0.6) is 0 Å². The Morgan fingerprint density at radius 1 is 0.889 bits per heavy atom. The lowest BCUT2D eigenvalue weighted by atomic mass is 10.1. The van der Waals surface area contributed by atoms with Gasteiger partial charge in [-0.25, -0.2) is 9.67 Å². The average molecular weight is 372 g/mol. The summed E-state index contributed by atoms with van der Waals surface area (Å²) >= 11 is 5.98. The second-order valence-corrected chi connectivity index (χ2v) is 6.76. The van der Waals surface area contributed by atoms with Gasteiger partial charge in [-0.3, -0.25) is 4.98 Å². The van der Waals surface area contributed by atoms with Gasteiger partial charge in [-0.2, -0.15) is 0 Å². The summed E-state index contributed by atoms with van der Waals surface area (Å²) in [6.45, 7) is 0.596. The van der Waals surface area contributed by atoms with E-state index in [2.05, 4.69) is 33.5 Å². The maximum atomic E-state index is 5.98. The van der Waals surface area contributed by atoms with E-state index in [1.54, 1.807) is 6.20 Å². The molecular weight excluding hydrogens is 358 g/mol. The van der Waals surface area contributed by atoms with Crippen LogP contribution in [0.15, 0.2) is 72.9 Å². The molecule has 0 fully saturated rings. The van der Waals surface area contributed by atoms with Crippen molar-refractivity contribution in [3.8, 4) is 11.3 Å². The molecule has 0 saturated heterocycles. The lowest BCUT2D eigenvalue weighted by Crippen LogP contribution is -2.03. The van der Waals surface area contributed by atoms with Crippen molar-refractivity contribution in [1.82, 2.24) is 25.0 Å². The number of pyridine rings is 2. The van der Waals surface area contributed by atoms with Gasteiger partial charge in [-0.1, -0.05) is 41.1 Å². The molecule has 3 heterocycles. The first-order chi connectivity index (χ1) is 13.3.